The summed E-state index contributed by atoms with van der Waals surface area (Å²) in [7, 11) is 0. The molecule has 1 N–H and O–H groups in total. The summed E-state index contributed by atoms with van der Waals surface area (Å²) in [5.41, 5.74) is 1.16. The number of nitro benzene ring substituents is 1. The number of benzene rings is 1. The quantitative estimate of drug-likeness (QED) is 0.640. The van der Waals surface area contributed by atoms with Gasteiger partial charge in [0.15, 0.2) is 0 Å². The van der Waals surface area contributed by atoms with E-state index >= 15 is 0 Å². The largest absolute Gasteiger partial charge is 0.360 e. The van der Waals surface area contributed by atoms with Crippen LogP contribution in [0.1, 0.15) is 6.92 Å². The molecule has 0 aliphatic carbocycles. The van der Waals surface area contributed by atoms with Gasteiger partial charge in [-0.2, -0.15) is 5.26 Å². The molecular weight excluding hydrogens is 256 g/mol. The Kier molecular flexibility index (Phi) is 4.53. The maximum Gasteiger partial charge on any atom is 0.269 e. The Morgan fingerprint density at radius 2 is 2.00 bits per heavy atom. The molecule has 1 fully saturated rings. The number of nitriles is 1. The molecule has 0 aromatic heterocycles. The average Bonchev–Trinajstić information content (AvgIpc) is 2.48. The van der Waals surface area contributed by atoms with E-state index in [1.165, 1.54) is 4.90 Å². The van der Waals surface area contributed by atoms with Crippen LogP contribution in [0.25, 0.3) is 0 Å². The molecule has 0 saturated carbocycles. The van der Waals surface area contributed by atoms with Crippen molar-refractivity contribution in [2.24, 2.45) is 5.92 Å². The smallest absolute Gasteiger partial charge is 0.269 e. The standard InChI is InChI=1S/C14H18N4O2/c1-12(10-15)11-16-6-8-17(9-7-16)13-2-4-14(5-3-13)18(19)20/h2-5,12H,6-9,11H2,1H3/p+1/t12-/m0/s1. The fourth-order valence-corrected chi connectivity index (χ4v) is 2.55. The minimum Gasteiger partial charge on any atom is -0.360 e. The minimum absolute atomic E-state index is 0.0934. The third-order valence-electron chi connectivity index (χ3n) is 3.71. The molecule has 6 heteroatoms. The zero-order chi connectivity index (χ0) is 14.5. The summed E-state index contributed by atoms with van der Waals surface area (Å²) >= 11 is 0. The summed E-state index contributed by atoms with van der Waals surface area (Å²) < 4.78 is 0. The third-order valence-corrected chi connectivity index (χ3v) is 3.71. The van der Waals surface area contributed by atoms with Crippen LogP contribution in [-0.2, 0) is 0 Å². The molecule has 1 aliphatic heterocycles. The monoisotopic (exact) mass is 275 g/mol. The number of anilines is 1. The number of hydrogen-bond acceptors (Lipinski definition) is 4. The highest BCUT2D eigenvalue weighted by Crippen LogP contribution is 2.19. The van der Waals surface area contributed by atoms with Gasteiger partial charge in [-0.15, -0.1) is 0 Å². The van der Waals surface area contributed by atoms with Gasteiger partial charge in [0.05, 0.1) is 49.6 Å². The van der Waals surface area contributed by atoms with E-state index in [2.05, 4.69) is 11.0 Å². The Morgan fingerprint density at radius 3 is 2.50 bits per heavy atom. The first-order valence-electron chi connectivity index (χ1n) is 6.82. The molecule has 0 bridgehead atoms. The molecule has 1 atom stereocenters. The molecule has 0 unspecified atom stereocenters. The fourth-order valence-electron chi connectivity index (χ4n) is 2.55. The minimum atomic E-state index is -0.380. The Morgan fingerprint density at radius 1 is 1.40 bits per heavy atom. The van der Waals surface area contributed by atoms with Crippen LogP contribution in [0.5, 0.6) is 0 Å². The lowest BCUT2D eigenvalue weighted by Crippen LogP contribution is -3.15. The van der Waals surface area contributed by atoms with Crippen LogP contribution in [0.3, 0.4) is 0 Å². The lowest BCUT2D eigenvalue weighted by atomic mass is 10.1. The first kappa shape index (κ1) is 14.3. The lowest BCUT2D eigenvalue weighted by Gasteiger charge is -2.34. The Labute approximate surface area is 118 Å². The molecule has 1 heterocycles. The highest BCUT2D eigenvalue weighted by molar-refractivity contribution is 5.50. The Bertz CT molecular complexity index is 501. The fraction of sp³-hybridized carbons (Fsp3) is 0.500. The van der Waals surface area contributed by atoms with Crippen molar-refractivity contribution in [2.45, 2.75) is 6.92 Å². The van der Waals surface area contributed by atoms with E-state index in [1.54, 1.807) is 24.3 Å². The second kappa shape index (κ2) is 6.35. The number of nitrogens with zero attached hydrogens (tertiary/aromatic N) is 3. The maximum absolute atomic E-state index is 10.6. The summed E-state index contributed by atoms with van der Waals surface area (Å²) in [6.45, 7) is 6.70. The predicted octanol–water partition coefficient (Wildman–Crippen LogP) is 0.459. The van der Waals surface area contributed by atoms with Crippen molar-refractivity contribution in [1.82, 2.24) is 0 Å². The van der Waals surface area contributed by atoms with E-state index in [4.69, 9.17) is 5.26 Å². The number of non-ortho nitro benzene ring substituents is 1. The van der Waals surface area contributed by atoms with Crippen LogP contribution in [0.2, 0.25) is 0 Å². The molecule has 1 aromatic rings. The molecule has 20 heavy (non-hydrogen) atoms. The van der Waals surface area contributed by atoms with Gasteiger partial charge in [0, 0.05) is 17.8 Å². The van der Waals surface area contributed by atoms with Crippen molar-refractivity contribution in [3.63, 3.8) is 0 Å². The van der Waals surface area contributed by atoms with Gasteiger partial charge in [-0.05, 0) is 19.1 Å². The van der Waals surface area contributed by atoms with E-state index in [0.717, 1.165) is 38.4 Å². The number of quaternary nitrogens is 1. The van der Waals surface area contributed by atoms with Crippen LogP contribution in [0, 0.1) is 27.4 Å². The van der Waals surface area contributed by atoms with E-state index < -0.39 is 0 Å². The summed E-state index contributed by atoms with van der Waals surface area (Å²) in [4.78, 5) is 13.9. The second-order valence-electron chi connectivity index (χ2n) is 5.24. The lowest BCUT2D eigenvalue weighted by molar-refractivity contribution is -0.902. The van der Waals surface area contributed by atoms with Gasteiger partial charge in [-0.25, -0.2) is 0 Å². The van der Waals surface area contributed by atoms with Crippen LogP contribution < -0.4 is 9.80 Å². The molecular formula is C14H19N4O2+. The zero-order valence-corrected chi connectivity index (χ0v) is 11.6. The first-order chi connectivity index (χ1) is 9.60. The molecule has 1 aliphatic rings. The van der Waals surface area contributed by atoms with Crippen LogP contribution in [0.4, 0.5) is 11.4 Å². The third kappa shape index (κ3) is 3.45. The van der Waals surface area contributed by atoms with Crippen molar-refractivity contribution in [3.05, 3.63) is 34.4 Å². The van der Waals surface area contributed by atoms with Crippen LogP contribution >= 0.6 is 0 Å². The van der Waals surface area contributed by atoms with Gasteiger partial charge in [0.2, 0.25) is 0 Å². The topological polar surface area (TPSA) is 74.6 Å². The number of nitro groups is 1. The molecule has 0 amide bonds. The first-order valence-corrected chi connectivity index (χ1v) is 6.82. The van der Waals surface area contributed by atoms with Gasteiger partial charge < -0.3 is 9.80 Å². The molecule has 0 spiro atoms. The normalized spacial score (nSPS) is 17.5. The highest BCUT2D eigenvalue weighted by Gasteiger charge is 2.22. The number of nitrogens with one attached hydrogen (secondary N) is 1. The second-order valence-corrected chi connectivity index (χ2v) is 5.24. The summed E-state index contributed by atoms with van der Waals surface area (Å²) in [6.07, 6.45) is 0. The van der Waals surface area contributed by atoms with Crippen molar-refractivity contribution >= 4 is 11.4 Å². The molecule has 106 valence electrons. The van der Waals surface area contributed by atoms with Crippen molar-refractivity contribution in [3.8, 4) is 6.07 Å². The van der Waals surface area contributed by atoms with Gasteiger partial charge in [0.25, 0.3) is 5.69 Å². The molecule has 1 saturated heterocycles. The Hall–Kier alpha value is -2.13. The van der Waals surface area contributed by atoms with Crippen molar-refractivity contribution in [1.29, 1.82) is 5.26 Å². The summed E-state index contributed by atoms with van der Waals surface area (Å²) in [6, 6.07) is 8.98. The number of piperazine rings is 1. The summed E-state index contributed by atoms with van der Waals surface area (Å²) in [5, 5.41) is 19.5. The highest BCUT2D eigenvalue weighted by atomic mass is 16.6. The van der Waals surface area contributed by atoms with Gasteiger partial charge >= 0.3 is 0 Å². The van der Waals surface area contributed by atoms with Gasteiger partial charge in [-0.1, -0.05) is 0 Å². The van der Waals surface area contributed by atoms with E-state index in [1.807, 2.05) is 6.92 Å². The van der Waals surface area contributed by atoms with Crippen LogP contribution in [0.15, 0.2) is 24.3 Å². The maximum atomic E-state index is 10.6. The number of rotatable bonds is 4. The number of hydrogen-bond donors (Lipinski definition) is 1. The molecule has 0 radical (unpaired) electrons. The summed E-state index contributed by atoms with van der Waals surface area (Å²) in [5.74, 6) is 0.0934. The Balaban J connectivity index is 1.90. The van der Waals surface area contributed by atoms with E-state index in [-0.39, 0.29) is 16.5 Å². The van der Waals surface area contributed by atoms with Gasteiger partial charge in [0.1, 0.15) is 0 Å². The van der Waals surface area contributed by atoms with E-state index in [0.29, 0.717) is 0 Å². The van der Waals surface area contributed by atoms with Crippen LogP contribution in [-0.4, -0.2) is 37.6 Å². The zero-order valence-electron chi connectivity index (χ0n) is 11.6. The van der Waals surface area contributed by atoms with Crippen molar-refractivity contribution in [2.75, 3.05) is 37.6 Å². The SMILES string of the molecule is C[C@@H](C#N)C[NH+]1CCN(c2ccc([N+](=O)[O-])cc2)CC1. The average molecular weight is 275 g/mol. The molecule has 6 nitrogen and oxygen atoms in total. The predicted molar refractivity (Wildman–Crippen MR) is 75.7 cm³/mol. The van der Waals surface area contributed by atoms with E-state index in [9.17, 15) is 10.1 Å². The van der Waals surface area contributed by atoms with Gasteiger partial charge in [-0.3, -0.25) is 10.1 Å². The molecule has 1 aromatic carbocycles. The molecule has 2 rings (SSSR count). The van der Waals surface area contributed by atoms with Crippen molar-refractivity contribution < 1.29 is 9.82 Å².